The number of carbonyl (C=O) groups is 1. The van der Waals surface area contributed by atoms with E-state index in [2.05, 4.69) is 27.8 Å². The van der Waals surface area contributed by atoms with Gasteiger partial charge in [0, 0.05) is 49.4 Å². The maximum Gasteiger partial charge on any atom is 0.222 e. The number of hydrogen-bond acceptors (Lipinski definition) is 5. The molecule has 4 heterocycles. The molecular weight excluding hydrogens is 410 g/mol. The molecule has 1 amide bonds. The van der Waals surface area contributed by atoms with Crippen LogP contribution in [0.2, 0.25) is 0 Å². The predicted molar refractivity (Wildman–Crippen MR) is 130 cm³/mol. The Morgan fingerprint density at radius 2 is 1.94 bits per heavy atom. The van der Waals surface area contributed by atoms with Crippen molar-refractivity contribution in [2.24, 2.45) is 5.92 Å². The molecule has 6 nitrogen and oxygen atoms in total. The number of piperidine rings is 1. The van der Waals surface area contributed by atoms with Gasteiger partial charge in [0.25, 0.3) is 0 Å². The van der Waals surface area contributed by atoms with Crippen molar-refractivity contribution in [1.82, 2.24) is 19.9 Å². The first-order chi connectivity index (χ1) is 16.2. The molecule has 1 saturated carbocycles. The van der Waals surface area contributed by atoms with Gasteiger partial charge >= 0.3 is 0 Å². The Bertz CT molecular complexity index is 956. The molecule has 1 saturated heterocycles. The van der Waals surface area contributed by atoms with Crippen LogP contribution >= 0.6 is 0 Å². The lowest BCUT2D eigenvalue weighted by atomic mass is 9.95. The lowest BCUT2D eigenvalue weighted by Crippen LogP contribution is -2.40. The normalized spacial score (nSPS) is 21.3. The minimum atomic E-state index is 0.233. The second kappa shape index (κ2) is 10.2. The summed E-state index contributed by atoms with van der Waals surface area (Å²) in [5.74, 6) is 3.34. The van der Waals surface area contributed by atoms with Crippen molar-refractivity contribution in [1.29, 1.82) is 0 Å². The number of rotatable bonds is 6. The number of carbonyl (C=O) groups excluding carboxylic acids is 1. The summed E-state index contributed by atoms with van der Waals surface area (Å²) in [7, 11) is 0. The fourth-order valence-electron chi connectivity index (χ4n) is 5.93. The Kier molecular flexibility index (Phi) is 6.88. The molecular formula is C27H37N5O. The number of pyridine rings is 1. The van der Waals surface area contributed by atoms with Crippen LogP contribution in [-0.4, -0.2) is 45.4 Å². The Morgan fingerprint density at radius 1 is 1.06 bits per heavy atom. The van der Waals surface area contributed by atoms with Gasteiger partial charge in [-0.25, -0.2) is 9.97 Å². The van der Waals surface area contributed by atoms with Gasteiger partial charge in [0.15, 0.2) is 0 Å². The van der Waals surface area contributed by atoms with E-state index in [0.29, 0.717) is 12.3 Å². The quantitative estimate of drug-likeness (QED) is 0.636. The van der Waals surface area contributed by atoms with Crippen molar-refractivity contribution < 1.29 is 4.79 Å². The van der Waals surface area contributed by atoms with Crippen molar-refractivity contribution in [2.75, 3.05) is 24.5 Å². The Labute approximate surface area is 197 Å². The molecule has 3 aliphatic rings. The van der Waals surface area contributed by atoms with Gasteiger partial charge in [-0.3, -0.25) is 9.78 Å². The third-order valence-electron chi connectivity index (χ3n) is 7.82. The van der Waals surface area contributed by atoms with Crippen LogP contribution in [0.4, 0.5) is 5.82 Å². The van der Waals surface area contributed by atoms with Crippen molar-refractivity contribution in [3.63, 3.8) is 0 Å². The number of likely N-dealkylation sites (tertiary alicyclic amines) is 1. The Morgan fingerprint density at radius 3 is 2.76 bits per heavy atom. The molecule has 33 heavy (non-hydrogen) atoms. The SMILES string of the molecule is Cc1nc(C2CCCN(C(=O)CCC3CCCC3)C2)nc2c1CCCN2Cc1ccccn1. The van der Waals surface area contributed by atoms with Crippen LogP contribution in [0.15, 0.2) is 24.4 Å². The molecule has 176 valence electrons. The number of anilines is 1. The smallest absolute Gasteiger partial charge is 0.222 e. The molecule has 0 spiro atoms. The van der Waals surface area contributed by atoms with E-state index in [1.165, 1.54) is 31.2 Å². The molecule has 6 heteroatoms. The highest BCUT2D eigenvalue weighted by molar-refractivity contribution is 5.76. The van der Waals surface area contributed by atoms with Gasteiger partial charge in [-0.2, -0.15) is 0 Å². The first kappa shape index (κ1) is 22.3. The van der Waals surface area contributed by atoms with Crippen molar-refractivity contribution >= 4 is 11.7 Å². The minimum Gasteiger partial charge on any atom is -0.350 e. The number of nitrogens with zero attached hydrogens (tertiary/aromatic N) is 5. The summed E-state index contributed by atoms with van der Waals surface area (Å²) in [6.07, 6.45) is 13.2. The van der Waals surface area contributed by atoms with Gasteiger partial charge in [0.05, 0.1) is 12.2 Å². The van der Waals surface area contributed by atoms with Gasteiger partial charge in [-0.1, -0.05) is 31.7 Å². The average Bonchev–Trinajstić information content (AvgIpc) is 3.37. The van der Waals surface area contributed by atoms with Crippen LogP contribution in [0.1, 0.15) is 86.5 Å². The highest BCUT2D eigenvalue weighted by Gasteiger charge is 2.30. The van der Waals surface area contributed by atoms with Crippen molar-refractivity contribution in [2.45, 2.75) is 83.6 Å². The standard InChI is InChI=1S/C27H37N5O/c1-20-24-12-7-17-32(19-23-11-4-5-15-28-23)27(24)30-26(29-20)22-10-6-16-31(18-22)25(33)14-13-21-8-2-3-9-21/h4-5,11,15,21-22H,2-3,6-10,12-14,16-19H2,1H3. The summed E-state index contributed by atoms with van der Waals surface area (Å²) < 4.78 is 0. The molecule has 1 atom stereocenters. The van der Waals surface area contributed by atoms with Crippen LogP contribution in [0.25, 0.3) is 0 Å². The van der Waals surface area contributed by atoms with Crippen LogP contribution in [-0.2, 0) is 17.8 Å². The molecule has 2 fully saturated rings. The molecule has 0 bridgehead atoms. The topological polar surface area (TPSA) is 62.2 Å². The largest absolute Gasteiger partial charge is 0.350 e. The van der Waals surface area contributed by atoms with Crippen LogP contribution in [0.3, 0.4) is 0 Å². The van der Waals surface area contributed by atoms with E-state index in [1.54, 1.807) is 0 Å². The minimum absolute atomic E-state index is 0.233. The summed E-state index contributed by atoms with van der Waals surface area (Å²) in [5.41, 5.74) is 3.45. The monoisotopic (exact) mass is 447 g/mol. The molecule has 0 N–H and O–H groups in total. The third-order valence-corrected chi connectivity index (χ3v) is 7.82. The first-order valence-electron chi connectivity index (χ1n) is 13.0. The van der Waals surface area contributed by atoms with E-state index in [4.69, 9.17) is 9.97 Å². The van der Waals surface area contributed by atoms with Crippen LogP contribution < -0.4 is 4.90 Å². The summed E-state index contributed by atoms with van der Waals surface area (Å²) in [5, 5.41) is 0. The highest BCUT2D eigenvalue weighted by Crippen LogP contribution is 2.33. The highest BCUT2D eigenvalue weighted by atomic mass is 16.2. The first-order valence-corrected chi connectivity index (χ1v) is 13.0. The second-order valence-corrected chi connectivity index (χ2v) is 10.2. The number of aryl methyl sites for hydroxylation is 1. The number of aromatic nitrogens is 3. The fourth-order valence-corrected chi connectivity index (χ4v) is 5.93. The molecule has 0 aromatic carbocycles. The van der Waals surface area contributed by atoms with Crippen molar-refractivity contribution in [3.8, 4) is 0 Å². The average molecular weight is 448 g/mol. The summed E-state index contributed by atoms with van der Waals surface area (Å²) >= 11 is 0. The van der Waals surface area contributed by atoms with Gasteiger partial charge < -0.3 is 9.80 Å². The number of fused-ring (bicyclic) bond motifs is 1. The Hall–Kier alpha value is -2.50. The predicted octanol–water partition coefficient (Wildman–Crippen LogP) is 4.81. The number of hydrogen-bond donors (Lipinski definition) is 0. The van der Waals surface area contributed by atoms with E-state index < -0.39 is 0 Å². The third kappa shape index (κ3) is 5.20. The zero-order valence-corrected chi connectivity index (χ0v) is 20.0. The second-order valence-electron chi connectivity index (χ2n) is 10.2. The van der Waals surface area contributed by atoms with E-state index in [0.717, 1.165) is 87.2 Å². The molecule has 2 aliphatic heterocycles. The molecule has 5 rings (SSSR count). The lowest BCUT2D eigenvalue weighted by Gasteiger charge is -2.34. The summed E-state index contributed by atoms with van der Waals surface area (Å²) in [6.45, 7) is 5.55. The summed E-state index contributed by atoms with van der Waals surface area (Å²) in [4.78, 5) is 32.0. The zero-order chi connectivity index (χ0) is 22.6. The van der Waals surface area contributed by atoms with Gasteiger partial charge in [-0.05, 0) is 57.1 Å². The number of amides is 1. The van der Waals surface area contributed by atoms with Crippen LogP contribution in [0.5, 0.6) is 0 Å². The molecule has 2 aromatic heterocycles. The van der Waals surface area contributed by atoms with Crippen LogP contribution in [0, 0.1) is 12.8 Å². The molecule has 0 radical (unpaired) electrons. The maximum absolute atomic E-state index is 13.0. The molecule has 2 aromatic rings. The van der Waals surface area contributed by atoms with Gasteiger partial charge in [-0.15, -0.1) is 0 Å². The van der Waals surface area contributed by atoms with Gasteiger partial charge in [0.2, 0.25) is 5.91 Å². The lowest BCUT2D eigenvalue weighted by molar-refractivity contribution is -0.132. The van der Waals surface area contributed by atoms with E-state index >= 15 is 0 Å². The van der Waals surface area contributed by atoms with E-state index in [-0.39, 0.29) is 5.92 Å². The van der Waals surface area contributed by atoms with Crippen molar-refractivity contribution in [3.05, 3.63) is 47.2 Å². The molecule has 1 unspecified atom stereocenters. The maximum atomic E-state index is 13.0. The van der Waals surface area contributed by atoms with E-state index in [9.17, 15) is 4.79 Å². The zero-order valence-electron chi connectivity index (χ0n) is 20.0. The summed E-state index contributed by atoms with van der Waals surface area (Å²) in [6, 6.07) is 6.09. The fraction of sp³-hybridized carbons (Fsp3) is 0.630. The Balaban J connectivity index is 1.30. The van der Waals surface area contributed by atoms with Gasteiger partial charge in [0.1, 0.15) is 11.6 Å². The van der Waals surface area contributed by atoms with E-state index in [1.807, 2.05) is 18.3 Å². The molecule has 1 aliphatic carbocycles.